The predicted molar refractivity (Wildman–Crippen MR) is 105 cm³/mol. The molecule has 3 nitrogen and oxygen atoms in total. The number of halogens is 1. The van der Waals surface area contributed by atoms with E-state index >= 15 is 0 Å². The summed E-state index contributed by atoms with van der Waals surface area (Å²) in [4.78, 5) is 17.4. The Balaban J connectivity index is 1.77. The molecule has 0 aliphatic rings. The molecule has 0 N–H and O–H groups in total. The minimum Gasteiger partial charge on any atom is -0.294 e. The number of hydrogen-bond acceptors (Lipinski definition) is 3. The van der Waals surface area contributed by atoms with Crippen LogP contribution in [0.3, 0.4) is 0 Å². The highest BCUT2D eigenvalue weighted by Crippen LogP contribution is 2.30. The van der Waals surface area contributed by atoms with Crippen molar-refractivity contribution in [1.82, 2.24) is 9.55 Å². The van der Waals surface area contributed by atoms with Gasteiger partial charge in [0.25, 0.3) is 5.56 Å². The summed E-state index contributed by atoms with van der Waals surface area (Å²) in [6.45, 7) is 2.52. The topological polar surface area (TPSA) is 34.9 Å². The number of nitrogens with zero attached hydrogens (tertiary/aromatic N) is 2. The number of hydrogen-bond donors (Lipinski definition) is 0. The molecule has 0 atom stereocenters. The van der Waals surface area contributed by atoms with Crippen LogP contribution in [-0.2, 0) is 6.54 Å². The maximum Gasteiger partial charge on any atom is 0.271 e. The smallest absolute Gasteiger partial charge is 0.271 e. The third-order valence-corrected chi connectivity index (χ3v) is 5.34. The van der Waals surface area contributed by atoms with E-state index in [4.69, 9.17) is 11.6 Å². The van der Waals surface area contributed by atoms with Crippen LogP contribution in [0.15, 0.2) is 65.0 Å². The Bertz CT molecular complexity index is 1110. The molecule has 2 heterocycles. The third-order valence-electron chi connectivity index (χ3n) is 4.15. The van der Waals surface area contributed by atoms with E-state index in [1.807, 2.05) is 29.6 Å². The molecule has 124 valence electrons. The summed E-state index contributed by atoms with van der Waals surface area (Å²) in [5, 5.41) is 2.67. The number of benzene rings is 2. The van der Waals surface area contributed by atoms with Crippen LogP contribution in [0.4, 0.5) is 0 Å². The SMILES string of the molecule is Cc1ccc(-c2csc3c(=O)n(Cc4cccc(Cl)c4)cnc23)cc1. The van der Waals surface area contributed by atoms with Crippen LogP contribution in [0.25, 0.3) is 21.3 Å². The zero-order valence-corrected chi connectivity index (χ0v) is 15.1. The van der Waals surface area contributed by atoms with Crippen molar-refractivity contribution in [2.24, 2.45) is 0 Å². The van der Waals surface area contributed by atoms with Crippen molar-refractivity contribution in [2.45, 2.75) is 13.5 Å². The van der Waals surface area contributed by atoms with Crippen molar-refractivity contribution in [3.05, 3.63) is 86.7 Å². The summed E-state index contributed by atoms with van der Waals surface area (Å²) in [5.74, 6) is 0. The molecule has 0 spiro atoms. The maximum atomic E-state index is 12.8. The van der Waals surface area contributed by atoms with Crippen LogP contribution < -0.4 is 5.56 Å². The van der Waals surface area contributed by atoms with Gasteiger partial charge < -0.3 is 0 Å². The van der Waals surface area contributed by atoms with Crippen LogP contribution in [0.5, 0.6) is 0 Å². The fourth-order valence-corrected chi connectivity index (χ4v) is 4.01. The first kappa shape index (κ1) is 16.1. The van der Waals surface area contributed by atoms with E-state index in [1.54, 1.807) is 10.9 Å². The van der Waals surface area contributed by atoms with Crippen molar-refractivity contribution in [2.75, 3.05) is 0 Å². The zero-order valence-electron chi connectivity index (χ0n) is 13.6. The number of aromatic nitrogens is 2. The Morgan fingerprint density at radius 2 is 1.96 bits per heavy atom. The van der Waals surface area contributed by atoms with Crippen LogP contribution >= 0.6 is 22.9 Å². The van der Waals surface area contributed by atoms with Crippen molar-refractivity contribution >= 4 is 33.2 Å². The molecule has 0 fully saturated rings. The van der Waals surface area contributed by atoms with Crippen molar-refractivity contribution < 1.29 is 0 Å². The minimum absolute atomic E-state index is 0.0201. The summed E-state index contributed by atoms with van der Waals surface area (Å²) in [7, 11) is 0. The Hall–Kier alpha value is -2.43. The lowest BCUT2D eigenvalue weighted by atomic mass is 10.1. The van der Waals surface area contributed by atoms with E-state index in [0.717, 1.165) is 22.2 Å². The van der Waals surface area contributed by atoms with Gasteiger partial charge in [-0.15, -0.1) is 11.3 Å². The summed E-state index contributed by atoms with van der Waals surface area (Å²) < 4.78 is 2.31. The van der Waals surface area contributed by atoms with Gasteiger partial charge in [0.15, 0.2) is 0 Å². The lowest BCUT2D eigenvalue weighted by Gasteiger charge is -2.06. The van der Waals surface area contributed by atoms with Gasteiger partial charge in [-0.05, 0) is 30.2 Å². The second kappa shape index (κ2) is 6.47. The zero-order chi connectivity index (χ0) is 17.4. The summed E-state index contributed by atoms with van der Waals surface area (Å²) in [6, 6.07) is 15.8. The molecule has 0 unspecified atom stereocenters. The fourth-order valence-electron chi connectivity index (χ4n) is 2.82. The number of rotatable bonds is 3. The van der Waals surface area contributed by atoms with E-state index in [-0.39, 0.29) is 5.56 Å². The van der Waals surface area contributed by atoms with Gasteiger partial charge in [0.05, 0.1) is 18.4 Å². The molecule has 2 aromatic heterocycles. The van der Waals surface area contributed by atoms with Crippen molar-refractivity contribution in [1.29, 1.82) is 0 Å². The van der Waals surface area contributed by atoms with E-state index in [0.29, 0.717) is 16.3 Å². The maximum absolute atomic E-state index is 12.8. The average molecular weight is 367 g/mol. The fraction of sp³-hybridized carbons (Fsp3) is 0.100. The summed E-state index contributed by atoms with van der Waals surface area (Å²) in [5.41, 5.74) is 5.02. The summed E-state index contributed by atoms with van der Waals surface area (Å²) >= 11 is 7.47. The van der Waals surface area contributed by atoms with Crippen LogP contribution in [0.1, 0.15) is 11.1 Å². The Kier molecular flexibility index (Phi) is 4.15. The number of thiophene rings is 1. The molecule has 0 saturated heterocycles. The standard InChI is InChI=1S/C20H15ClN2OS/c1-13-5-7-15(8-6-13)17-11-25-19-18(17)22-12-23(20(19)24)10-14-3-2-4-16(21)9-14/h2-9,11-12H,10H2,1H3. The normalized spacial score (nSPS) is 11.1. The molecule has 0 bridgehead atoms. The lowest BCUT2D eigenvalue weighted by Crippen LogP contribution is -2.20. The first-order chi connectivity index (χ1) is 12.1. The van der Waals surface area contributed by atoms with E-state index in [9.17, 15) is 4.79 Å². The van der Waals surface area contributed by atoms with Gasteiger partial charge in [0.2, 0.25) is 0 Å². The minimum atomic E-state index is -0.0201. The van der Waals surface area contributed by atoms with Gasteiger partial charge in [-0.25, -0.2) is 4.98 Å². The lowest BCUT2D eigenvalue weighted by molar-refractivity contribution is 0.750. The number of fused-ring (bicyclic) bond motifs is 1. The van der Waals surface area contributed by atoms with Crippen molar-refractivity contribution in [3.8, 4) is 11.1 Å². The molecule has 4 aromatic rings. The molecule has 0 aliphatic carbocycles. The second-order valence-corrected chi connectivity index (χ2v) is 7.32. The third kappa shape index (κ3) is 3.11. The quantitative estimate of drug-likeness (QED) is 0.503. The van der Waals surface area contributed by atoms with Gasteiger partial charge in [-0.2, -0.15) is 0 Å². The summed E-state index contributed by atoms with van der Waals surface area (Å²) in [6.07, 6.45) is 1.62. The van der Waals surface area contributed by atoms with Gasteiger partial charge in [-0.1, -0.05) is 53.6 Å². The molecule has 2 aromatic carbocycles. The molecule has 0 radical (unpaired) electrons. The molecular formula is C20H15ClN2OS. The Labute approximate surface area is 154 Å². The molecule has 25 heavy (non-hydrogen) atoms. The largest absolute Gasteiger partial charge is 0.294 e. The Morgan fingerprint density at radius 1 is 1.16 bits per heavy atom. The molecule has 0 aliphatic heterocycles. The van der Waals surface area contributed by atoms with E-state index in [2.05, 4.69) is 36.2 Å². The highest BCUT2D eigenvalue weighted by atomic mass is 35.5. The highest BCUT2D eigenvalue weighted by molar-refractivity contribution is 7.17. The highest BCUT2D eigenvalue weighted by Gasteiger charge is 2.12. The Morgan fingerprint density at radius 3 is 2.72 bits per heavy atom. The van der Waals surface area contributed by atoms with Gasteiger partial charge in [-0.3, -0.25) is 9.36 Å². The first-order valence-electron chi connectivity index (χ1n) is 7.90. The first-order valence-corrected chi connectivity index (χ1v) is 9.16. The molecular weight excluding hydrogens is 352 g/mol. The average Bonchev–Trinajstić information content (AvgIpc) is 3.03. The monoisotopic (exact) mass is 366 g/mol. The molecule has 5 heteroatoms. The van der Waals surface area contributed by atoms with Gasteiger partial charge in [0, 0.05) is 16.0 Å². The predicted octanol–water partition coefficient (Wildman–Crippen LogP) is 5.14. The van der Waals surface area contributed by atoms with Crippen LogP contribution in [0.2, 0.25) is 5.02 Å². The van der Waals surface area contributed by atoms with Crippen molar-refractivity contribution in [3.63, 3.8) is 0 Å². The molecule has 0 saturated carbocycles. The van der Waals surface area contributed by atoms with Crippen LogP contribution in [0, 0.1) is 6.92 Å². The van der Waals surface area contributed by atoms with E-state index < -0.39 is 0 Å². The molecule has 0 amide bonds. The van der Waals surface area contributed by atoms with Gasteiger partial charge in [0.1, 0.15) is 4.70 Å². The van der Waals surface area contributed by atoms with Crippen LogP contribution in [-0.4, -0.2) is 9.55 Å². The second-order valence-electron chi connectivity index (χ2n) is 6.00. The van der Waals surface area contributed by atoms with Gasteiger partial charge >= 0.3 is 0 Å². The number of aryl methyl sites for hydroxylation is 1. The molecule has 4 rings (SSSR count). The van der Waals surface area contributed by atoms with E-state index in [1.165, 1.54) is 16.9 Å².